The number of nitrogens with one attached hydrogen (secondary N) is 2. The normalized spacial score (nSPS) is 11.6. The summed E-state index contributed by atoms with van der Waals surface area (Å²) < 4.78 is -1.71. The number of anilines is 2. The maximum atomic E-state index is 14.1. The van der Waals surface area contributed by atoms with Crippen LogP contribution in [0.2, 0.25) is 0 Å². The summed E-state index contributed by atoms with van der Waals surface area (Å²) in [5, 5.41) is 28.2. The summed E-state index contributed by atoms with van der Waals surface area (Å²) in [6.45, 7) is 0. The van der Waals surface area contributed by atoms with Crippen molar-refractivity contribution >= 4 is 34.1 Å². The lowest BCUT2D eigenvalue weighted by molar-refractivity contribution is 0.600. The molecule has 36 heavy (non-hydrogen) atoms. The second-order valence-corrected chi connectivity index (χ2v) is 8.36. The molecule has 178 valence electrons. The molecule has 5 rings (SSSR count). The van der Waals surface area contributed by atoms with Crippen molar-refractivity contribution in [3.8, 4) is 0 Å². The first-order chi connectivity index (χ1) is 17.6. The van der Waals surface area contributed by atoms with E-state index in [2.05, 4.69) is 10.9 Å². The Morgan fingerprint density at radius 3 is 0.778 bits per heavy atom. The highest BCUT2D eigenvalue weighted by molar-refractivity contribution is 5.68. The van der Waals surface area contributed by atoms with Crippen LogP contribution in [0.4, 0.5) is 34.1 Å². The molecule has 2 N–H and O–H groups in total. The fraction of sp³-hybridized carbons (Fsp3) is 0. The Balaban J connectivity index is 1.45. The predicted molar refractivity (Wildman–Crippen MR) is 149 cm³/mol. The summed E-state index contributed by atoms with van der Waals surface area (Å²) in [5.41, 5.74) is 9.66. The van der Waals surface area contributed by atoms with Crippen LogP contribution in [0, 0.1) is 10.4 Å². The molecular weight excluding hydrogens is 448 g/mol. The average molecular weight is 475 g/mol. The monoisotopic (exact) mass is 474 g/mol. The highest BCUT2D eigenvalue weighted by Gasteiger charge is 2.26. The average Bonchev–Trinajstić information content (AvgIpc) is 2.96. The van der Waals surface area contributed by atoms with Gasteiger partial charge in [0.1, 0.15) is 0 Å². The van der Waals surface area contributed by atoms with E-state index in [9.17, 15) is 10.4 Å². The zero-order chi connectivity index (χ0) is 24.8. The lowest BCUT2D eigenvalue weighted by atomic mass is 10.2. The number of benzene rings is 5. The lowest BCUT2D eigenvalue weighted by Gasteiger charge is -2.41. The van der Waals surface area contributed by atoms with E-state index >= 15 is 0 Å². The number of hydrogen-bond acceptors (Lipinski definition) is 4. The van der Waals surface area contributed by atoms with Crippen molar-refractivity contribution in [1.29, 1.82) is 0 Å². The van der Waals surface area contributed by atoms with Crippen molar-refractivity contribution in [3.05, 3.63) is 156 Å². The largest absolute Gasteiger partial charge is 0.596 e. The van der Waals surface area contributed by atoms with E-state index in [0.29, 0.717) is 34.1 Å². The molecule has 5 aromatic rings. The van der Waals surface area contributed by atoms with Gasteiger partial charge in [-0.3, -0.25) is 0 Å². The minimum absolute atomic E-state index is 0.550. The van der Waals surface area contributed by atoms with Crippen LogP contribution in [-0.2, 0) is 0 Å². The molecule has 0 fully saturated rings. The van der Waals surface area contributed by atoms with Crippen LogP contribution in [0.15, 0.2) is 146 Å². The molecule has 0 spiro atoms. The molecule has 0 saturated carbocycles. The first kappa shape index (κ1) is 23.3. The van der Waals surface area contributed by atoms with E-state index in [4.69, 9.17) is 0 Å². The van der Waals surface area contributed by atoms with Crippen LogP contribution in [0.3, 0.4) is 0 Å². The maximum Gasteiger partial charge on any atom is 0.162 e. The number of rotatable bonds is 8. The third-order valence-electron chi connectivity index (χ3n) is 5.94. The second kappa shape index (κ2) is 10.0. The number of quaternary nitrogens is 2. The molecule has 6 heteroatoms. The number of para-hydroxylation sites is 4. The van der Waals surface area contributed by atoms with Gasteiger partial charge in [-0.1, -0.05) is 72.8 Å². The molecule has 0 aliphatic rings. The zero-order valence-electron chi connectivity index (χ0n) is 19.6. The van der Waals surface area contributed by atoms with Crippen LogP contribution in [-0.4, -0.2) is 0 Å². The summed E-state index contributed by atoms with van der Waals surface area (Å²) in [5.74, 6) is 0. The quantitative estimate of drug-likeness (QED) is 0.176. The summed E-state index contributed by atoms with van der Waals surface area (Å²) >= 11 is 0. The van der Waals surface area contributed by atoms with Gasteiger partial charge in [0.05, 0.1) is 11.4 Å². The van der Waals surface area contributed by atoms with Gasteiger partial charge in [0.2, 0.25) is 0 Å². The molecule has 0 amide bonds. The standard InChI is InChI=1S/C30H26N4O2/c35-33(27-13-5-1-6-14-27,28-15-7-2-8-16-28)31-25-21-23-26(24-22-25)32-34(36,29-17-9-3-10-18-29)30-19-11-4-12-20-30/h1-24,31-32H. The summed E-state index contributed by atoms with van der Waals surface area (Å²) in [4.78, 5) is 0. The van der Waals surface area contributed by atoms with Gasteiger partial charge in [-0.05, 0) is 24.3 Å². The predicted octanol–water partition coefficient (Wildman–Crippen LogP) is 8.01. The minimum Gasteiger partial charge on any atom is -0.596 e. The van der Waals surface area contributed by atoms with Crippen molar-refractivity contribution < 1.29 is 0 Å². The van der Waals surface area contributed by atoms with Crippen molar-refractivity contribution in [2.45, 2.75) is 0 Å². The number of nitrogens with zero attached hydrogens (tertiary/aromatic N) is 2. The summed E-state index contributed by atoms with van der Waals surface area (Å²) in [6, 6.07) is 43.8. The van der Waals surface area contributed by atoms with E-state index < -0.39 is 9.51 Å². The topological polar surface area (TPSA) is 70.2 Å². The molecule has 0 saturated heterocycles. The molecule has 5 aromatic carbocycles. The maximum absolute atomic E-state index is 14.1. The lowest BCUT2D eigenvalue weighted by Crippen LogP contribution is -2.44. The van der Waals surface area contributed by atoms with Crippen LogP contribution in [0.5, 0.6) is 0 Å². The Kier molecular flexibility index (Phi) is 6.49. The molecule has 0 bridgehead atoms. The Morgan fingerprint density at radius 2 is 0.556 bits per heavy atom. The van der Waals surface area contributed by atoms with E-state index in [1.54, 1.807) is 72.8 Å². The minimum atomic E-state index is -0.857. The highest BCUT2D eigenvalue weighted by atomic mass is 16.6. The first-order valence-corrected chi connectivity index (χ1v) is 11.7. The first-order valence-electron chi connectivity index (χ1n) is 11.7. The van der Waals surface area contributed by atoms with Crippen LogP contribution in [0.1, 0.15) is 0 Å². The van der Waals surface area contributed by atoms with Gasteiger partial charge in [0.15, 0.2) is 22.7 Å². The van der Waals surface area contributed by atoms with Crippen LogP contribution < -0.4 is 20.4 Å². The van der Waals surface area contributed by atoms with Crippen LogP contribution >= 0.6 is 0 Å². The third kappa shape index (κ3) is 4.70. The van der Waals surface area contributed by atoms with E-state index in [1.165, 1.54) is 0 Å². The van der Waals surface area contributed by atoms with Gasteiger partial charge >= 0.3 is 0 Å². The van der Waals surface area contributed by atoms with Gasteiger partial charge in [-0.2, -0.15) is 9.51 Å². The van der Waals surface area contributed by atoms with Gasteiger partial charge in [-0.15, -0.1) is 0 Å². The number of hydrogen-bond donors (Lipinski definition) is 2. The Labute approximate surface area is 210 Å². The van der Waals surface area contributed by atoms with Crippen molar-refractivity contribution in [3.63, 3.8) is 0 Å². The van der Waals surface area contributed by atoms with Gasteiger partial charge in [0, 0.05) is 48.5 Å². The van der Waals surface area contributed by atoms with Gasteiger partial charge < -0.3 is 10.4 Å². The third-order valence-corrected chi connectivity index (χ3v) is 5.94. The molecule has 0 heterocycles. The summed E-state index contributed by atoms with van der Waals surface area (Å²) in [7, 11) is 0. The van der Waals surface area contributed by atoms with Crippen LogP contribution in [0.25, 0.3) is 0 Å². The van der Waals surface area contributed by atoms with E-state index in [0.717, 1.165) is 0 Å². The molecule has 0 aliphatic heterocycles. The molecule has 0 unspecified atom stereocenters. The second-order valence-electron chi connectivity index (χ2n) is 8.36. The molecule has 0 aliphatic carbocycles. The fourth-order valence-electron chi connectivity index (χ4n) is 4.09. The Hall–Kier alpha value is -4.46. The highest BCUT2D eigenvalue weighted by Crippen LogP contribution is 2.36. The zero-order valence-corrected chi connectivity index (χ0v) is 19.6. The molecule has 6 nitrogen and oxygen atoms in total. The smallest absolute Gasteiger partial charge is 0.162 e. The molecule has 0 atom stereocenters. The van der Waals surface area contributed by atoms with Gasteiger partial charge in [-0.25, -0.2) is 10.9 Å². The van der Waals surface area contributed by atoms with E-state index in [1.807, 2.05) is 72.8 Å². The summed E-state index contributed by atoms with van der Waals surface area (Å²) in [6.07, 6.45) is 0. The Bertz CT molecular complexity index is 1190. The van der Waals surface area contributed by atoms with Crippen molar-refractivity contribution in [1.82, 2.24) is 9.51 Å². The SMILES string of the molecule is [O-][N+](Nc1ccc(N[N+]([O-])(c2ccccc2)c2ccccc2)cc1)(c1ccccc1)c1ccccc1. The fourth-order valence-corrected chi connectivity index (χ4v) is 4.09. The van der Waals surface area contributed by atoms with Gasteiger partial charge in [0.25, 0.3) is 0 Å². The van der Waals surface area contributed by atoms with Crippen molar-refractivity contribution in [2.24, 2.45) is 0 Å². The molecule has 0 radical (unpaired) electrons. The van der Waals surface area contributed by atoms with Crippen molar-refractivity contribution in [2.75, 3.05) is 10.9 Å². The van der Waals surface area contributed by atoms with E-state index in [-0.39, 0.29) is 0 Å². The molecular formula is C30H26N4O2. The Morgan fingerprint density at radius 1 is 0.333 bits per heavy atom. The molecule has 0 aromatic heterocycles.